The smallest absolute Gasteiger partial charge is 0.151 e. The average Bonchev–Trinajstić information content (AvgIpc) is 3.04. The van der Waals surface area contributed by atoms with E-state index in [0.717, 1.165) is 43.7 Å². The Morgan fingerprint density at radius 1 is 1.59 bits per heavy atom. The van der Waals surface area contributed by atoms with Gasteiger partial charge in [-0.3, -0.25) is 4.90 Å². The van der Waals surface area contributed by atoms with Crippen LogP contribution in [0.5, 0.6) is 0 Å². The molecule has 5 nitrogen and oxygen atoms in total. The molecule has 1 aromatic rings. The molecule has 0 bridgehead atoms. The van der Waals surface area contributed by atoms with Crippen LogP contribution in [0, 0.1) is 5.92 Å². The van der Waals surface area contributed by atoms with Gasteiger partial charge in [0.2, 0.25) is 0 Å². The molecule has 0 atom stereocenters. The zero-order valence-electron chi connectivity index (χ0n) is 10.4. The van der Waals surface area contributed by atoms with Crippen molar-refractivity contribution in [2.24, 2.45) is 11.7 Å². The van der Waals surface area contributed by atoms with Gasteiger partial charge < -0.3 is 15.0 Å². The molecule has 1 fully saturated rings. The molecule has 2 N–H and O–H groups in total. The van der Waals surface area contributed by atoms with E-state index in [1.165, 1.54) is 12.8 Å². The Hall–Kier alpha value is -0.910. The largest absolute Gasteiger partial charge is 0.380 e. The number of nitrogens with two attached hydrogens (primary N) is 1. The fourth-order valence-corrected chi connectivity index (χ4v) is 1.63. The zero-order valence-corrected chi connectivity index (χ0v) is 10.4. The van der Waals surface area contributed by atoms with E-state index in [1.807, 2.05) is 13.1 Å². The molecule has 1 aliphatic carbocycles. The van der Waals surface area contributed by atoms with Gasteiger partial charge in [0.05, 0.1) is 18.8 Å². The molecular weight excluding hydrogens is 218 g/mol. The van der Waals surface area contributed by atoms with Gasteiger partial charge in [0.15, 0.2) is 5.76 Å². The average molecular weight is 239 g/mol. The van der Waals surface area contributed by atoms with E-state index in [0.29, 0.717) is 6.54 Å². The summed E-state index contributed by atoms with van der Waals surface area (Å²) in [6, 6.07) is 1.90. The van der Waals surface area contributed by atoms with Gasteiger partial charge in [-0.1, -0.05) is 5.16 Å². The van der Waals surface area contributed by atoms with Gasteiger partial charge in [-0.15, -0.1) is 0 Å². The van der Waals surface area contributed by atoms with Gasteiger partial charge in [0, 0.05) is 25.8 Å². The molecule has 17 heavy (non-hydrogen) atoms. The highest BCUT2D eigenvalue weighted by Crippen LogP contribution is 2.28. The third-order valence-corrected chi connectivity index (χ3v) is 2.91. The summed E-state index contributed by atoms with van der Waals surface area (Å²) < 4.78 is 10.8. The lowest BCUT2D eigenvalue weighted by Gasteiger charge is -2.14. The Kier molecular flexibility index (Phi) is 4.53. The van der Waals surface area contributed by atoms with E-state index >= 15 is 0 Å². The second kappa shape index (κ2) is 6.14. The molecular formula is C12H21N3O2. The van der Waals surface area contributed by atoms with E-state index in [1.54, 1.807) is 0 Å². The minimum Gasteiger partial charge on any atom is -0.380 e. The van der Waals surface area contributed by atoms with Crippen LogP contribution in [0.25, 0.3) is 0 Å². The molecule has 0 aliphatic heterocycles. The van der Waals surface area contributed by atoms with E-state index in [2.05, 4.69) is 10.1 Å². The first-order valence-corrected chi connectivity index (χ1v) is 6.18. The van der Waals surface area contributed by atoms with E-state index in [9.17, 15) is 0 Å². The minimum absolute atomic E-state index is 0.428. The predicted molar refractivity (Wildman–Crippen MR) is 64.3 cm³/mol. The maximum Gasteiger partial charge on any atom is 0.151 e. The molecule has 1 saturated carbocycles. The summed E-state index contributed by atoms with van der Waals surface area (Å²) in [5.74, 6) is 1.69. The number of nitrogens with zero attached hydrogens (tertiary/aromatic N) is 2. The summed E-state index contributed by atoms with van der Waals surface area (Å²) in [6.45, 7) is 3.79. The van der Waals surface area contributed by atoms with Crippen molar-refractivity contribution in [3.63, 3.8) is 0 Å². The zero-order chi connectivity index (χ0) is 12.1. The van der Waals surface area contributed by atoms with Crippen molar-refractivity contribution in [1.82, 2.24) is 10.1 Å². The second-order valence-corrected chi connectivity index (χ2v) is 4.74. The van der Waals surface area contributed by atoms with Crippen LogP contribution in [0.4, 0.5) is 0 Å². The van der Waals surface area contributed by atoms with Gasteiger partial charge in [0.25, 0.3) is 0 Å². The summed E-state index contributed by atoms with van der Waals surface area (Å²) in [5, 5.41) is 3.86. The number of ether oxygens (including phenoxy) is 1. The Morgan fingerprint density at radius 2 is 2.41 bits per heavy atom. The van der Waals surface area contributed by atoms with E-state index in [-0.39, 0.29) is 0 Å². The third kappa shape index (κ3) is 4.46. The lowest BCUT2D eigenvalue weighted by molar-refractivity contribution is 0.0993. The van der Waals surface area contributed by atoms with E-state index < -0.39 is 0 Å². The molecule has 1 heterocycles. The highest BCUT2D eigenvalue weighted by Gasteiger charge is 2.20. The second-order valence-electron chi connectivity index (χ2n) is 4.74. The summed E-state index contributed by atoms with van der Waals surface area (Å²) >= 11 is 0. The molecule has 96 valence electrons. The first kappa shape index (κ1) is 12.5. The topological polar surface area (TPSA) is 64.5 Å². The number of hydrogen-bond donors (Lipinski definition) is 1. The van der Waals surface area contributed by atoms with Gasteiger partial charge in [-0.2, -0.15) is 0 Å². The highest BCUT2D eigenvalue weighted by molar-refractivity contribution is 5.04. The van der Waals surface area contributed by atoms with Crippen molar-refractivity contribution in [3.05, 3.63) is 17.5 Å². The number of hydrogen-bond acceptors (Lipinski definition) is 5. The molecule has 0 amide bonds. The SMILES string of the molecule is CN(CCOCC1CC1)Cc1cc(CN)no1. The molecule has 2 rings (SSSR count). The van der Waals surface area contributed by atoms with E-state index in [4.69, 9.17) is 15.0 Å². The van der Waals surface area contributed by atoms with Crippen LogP contribution >= 0.6 is 0 Å². The lowest BCUT2D eigenvalue weighted by Crippen LogP contribution is -2.22. The Balaban J connectivity index is 1.60. The molecule has 0 spiro atoms. The fraction of sp³-hybridized carbons (Fsp3) is 0.750. The van der Waals surface area contributed by atoms with Gasteiger partial charge >= 0.3 is 0 Å². The summed E-state index contributed by atoms with van der Waals surface area (Å²) in [4.78, 5) is 2.16. The Labute approximate surface area is 102 Å². The van der Waals surface area contributed by atoms with Crippen molar-refractivity contribution >= 4 is 0 Å². The van der Waals surface area contributed by atoms with Crippen LogP contribution in [0.15, 0.2) is 10.6 Å². The van der Waals surface area contributed by atoms with Crippen LogP contribution in [-0.2, 0) is 17.8 Å². The third-order valence-electron chi connectivity index (χ3n) is 2.91. The number of rotatable bonds is 8. The van der Waals surface area contributed by atoms with Gasteiger partial charge in [-0.25, -0.2) is 0 Å². The monoisotopic (exact) mass is 239 g/mol. The van der Waals surface area contributed by atoms with Crippen molar-refractivity contribution in [2.45, 2.75) is 25.9 Å². The maximum absolute atomic E-state index is 5.58. The van der Waals surface area contributed by atoms with Crippen LogP contribution in [0.2, 0.25) is 0 Å². The molecule has 0 saturated heterocycles. The minimum atomic E-state index is 0.428. The maximum atomic E-state index is 5.58. The summed E-state index contributed by atoms with van der Waals surface area (Å²) in [6.07, 6.45) is 2.69. The van der Waals surface area contributed by atoms with Crippen LogP contribution < -0.4 is 5.73 Å². The van der Waals surface area contributed by atoms with Gasteiger partial charge in [-0.05, 0) is 25.8 Å². The summed E-state index contributed by atoms with van der Waals surface area (Å²) in [7, 11) is 2.05. The Bertz CT molecular complexity index is 336. The molecule has 0 unspecified atom stereocenters. The van der Waals surface area contributed by atoms with Crippen molar-refractivity contribution in [2.75, 3.05) is 26.8 Å². The highest BCUT2D eigenvalue weighted by atomic mass is 16.5. The molecule has 0 aromatic carbocycles. The fourth-order valence-electron chi connectivity index (χ4n) is 1.63. The van der Waals surface area contributed by atoms with Gasteiger partial charge in [0.1, 0.15) is 0 Å². The summed E-state index contributed by atoms with van der Waals surface area (Å²) in [5.41, 5.74) is 6.27. The number of likely N-dealkylation sites (N-methyl/N-ethyl adjacent to an activating group) is 1. The first-order valence-electron chi connectivity index (χ1n) is 6.18. The van der Waals surface area contributed by atoms with Crippen molar-refractivity contribution < 1.29 is 9.26 Å². The number of aromatic nitrogens is 1. The molecule has 1 aliphatic rings. The quantitative estimate of drug-likeness (QED) is 0.685. The predicted octanol–water partition coefficient (Wildman–Crippen LogP) is 0.992. The Morgan fingerprint density at radius 3 is 3.06 bits per heavy atom. The first-order chi connectivity index (χ1) is 8.28. The van der Waals surface area contributed by atoms with Crippen LogP contribution in [-0.4, -0.2) is 36.9 Å². The normalized spacial score (nSPS) is 15.7. The van der Waals surface area contributed by atoms with Crippen molar-refractivity contribution in [3.8, 4) is 0 Å². The molecule has 1 aromatic heterocycles. The lowest BCUT2D eigenvalue weighted by atomic mass is 10.3. The standard InChI is InChI=1S/C12H21N3O2/c1-15(4-5-16-9-10-2-3-10)8-12-6-11(7-13)14-17-12/h6,10H,2-5,7-9,13H2,1H3. The van der Waals surface area contributed by atoms with Crippen LogP contribution in [0.3, 0.4) is 0 Å². The van der Waals surface area contributed by atoms with Crippen molar-refractivity contribution in [1.29, 1.82) is 0 Å². The molecule has 5 heteroatoms. The molecule has 0 radical (unpaired) electrons. The van der Waals surface area contributed by atoms with Crippen LogP contribution in [0.1, 0.15) is 24.3 Å².